The van der Waals surface area contributed by atoms with Gasteiger partial charge in [0, 0.05) is 5.56 Å². The van der Waals surface area contributed by atoms with Crippen molar-refractivity contribution >= 4 is 16.1 Å². The summed E-state index contributed by atoms with van der Waals surface area (Å²) in [7, 11) is -4.56. The number of rotatable bonds is 8. The molecule has 0 bridgehead atoms. The van der Waals surface area contributed by atoms with Gasteiger partial charge in [0.15, 0.2) is 6.29 Å². The number of esters is 1. The summed E-state index contributed by atoms with van der Waals surface area (Å²) < 4.78 is 43.8. The summed E-state index contributed by atoms with van der Waals surface area (Å²) >= 11 is 0. The Morgan fingerprint density at radius 1 is 0.933 bits per heavy atom. The summed E-state index contributed by atoms with van der Waals surface area (Å²) in [6.45, 7) is 0.643. The molecule has 0 spiro atoms. The van der Waals surface area contributed by atoms with Gasteiger partial charge in [0.25, 0.3) is 10.1 Å². The van der Waals surface area contributed by atoms with Crippen LogP contribution in [0.3, 0.4) is 0 Å². The van der Waals surface area contributed by atoms with Crippen molar-refractivity contribution in [3.8, 4) is 0 Å². The van der Waals surface area contributed by atoms with Crippen LogP contribution in [0.4, 0.5) is 0 Å². The molecule has 2 aliphatic rings. The molecule has 8 heteroatoms. The van der Waals surface area contributed by atoms with E-state index in [2.05, 4.69) is 0 Å². The molecule has 1 unspecified atom stereocenters. The predicted octanol–water partition coefficient (Wildman–Crippen LogP) is 4.26. The highest BCUT2D eigenvalue weighted by atomic mass is 32.2. The molecule has 2 saturated carbocycles. The maximum atomic E-state index is 12.5. The number of hydrogen-bond acceptors (Lipinski definition) is 6. The smallest absolute Gasteiger partial charge is 0.338 e. The zero-order valence-corrected chi connectivity index (χ0v) is 18.1. The van der Waals surface area contributed by atoms with Crippen LogP contribution < -0.4 is 0 Å². The van der Waals surface area contributed by atoms with Crippen molar-refractivity contribution in [3.05, 3.63) is 29.3 Å². The fraction of sp³-hybridized carbons (Fsp3) is 0.682. The second-order valence-corrected chi connectivity index (χ2v) is 9.98. The standard InChI is InChI=1S/C22H32O7S/c23-21(28-14-16-7-3-1-4-8-16)18-11-19(13-20(12-18)30(25,26)27)22(24)29-15-17-9-5-2-6-10-17/h11-13,16-17,21,23H,1-10,14-15H2,(H,25,26,27). The number of carbonyl (C=O) groups excluding carboxylic acids is 1. The first-order valence-corrected chi connectivity index (χ1v) is 12.4. The molecule has 0 radical (unpaired) electrons. The lowest BCUT2D eigenvalue weighted by Crippen LogP contribution is -2.18. The van der Waals surface area contributed by atoms with Gasteiger partial charge in [0.1, 0.15) is 0 Å². The number of aliphatic hydroxyl groups excluding tert-OH is 1. The fourth-order valence-electron chi connectivity index (χ4n) is 4.34. The number of carbonyl (C=O) groups is 1. The monoisotopic (exact) mass is 440 g/mol. The molecule has 1 aromatic carbocycles. The third kappa shape index (κ3) is 6.77. The van der Waals surface area contributed by atoms with E-state index < -0.39 is 27.3 Å². The molecule has 0 heterocycles. The van der Waals surface area contributed by atoms with Gasteiger partial charge >= 0.3 is 5.97 Å². The molecule has 0 amide bonds. The molecule has 2 fully saturated rings. The average Bonchev–Trinajstić information content (AvgIpc) is 2.76. The lowest BCUT2D eigenvalue weighted by molar-refractivity contribution is -0.116. The maximum Gasteiger partial charge on any atom is 0.338 e. The highest BCUT2D eigenvalue weighted by molar-refractivity contribution is 7.85. The van der Waals surface area contributed by atoms with Gasteiger partial charge in [-0.15, -0.1) is 0 Å². The van der Waals surface area contributed by atoms with Gasteiger partial charge in [0.05, 0.1) is 23.7 Å². The molecule has 0 aliphatic heterocycles. The zero-order valence-electron chi connectivity index (χ0n) is 17.3. The van der Waals surface area contributed by atoms with E-state index in [4.69, 9.17) is 9.47 Å². The van der Waals surface area contributed by atoms with Crippen LogP contribution in [0.1, 0.15) is 86.4 Å². The molecule has 30 heavy (non-hydrogen) atoms. The summed E-state index contributed by atoms with van der Waals surface area (Å²) in [5.41, 5.74) is 0.0711. The Morgan fingerprint density at radius 3 is 2.07 bits per heavy atom. The van der Waals surface area contributed by atoms with Gasteiger partial charge in [-0.2, -0.15) is 8.42 Å². The molecule has 1 atom stereocenters. The van der Waals surface area contributed by atoms with E-state index >= 15 is 0 Å². The van der Waals surface area contributed by atoms with Crippen molar-refractivity contribution in [2.24, 2.45) is 11.8 Å². The Hall–Kier alpha value is -1.48. The number of aliphatic hydroxyl groups is 1. The largest absolute Gasteiger partial charge is 0.462 e. The summed E-state index contributed by atoms with van der Waals surface area (Å²) in [5, 5.41) is 10.4. The summed E-state index contributed by atoms with van der Waals surface area (Å²) in [6, 6.07) is 3.55. The summed E-state index contributed by atoms with van der Waals surface area (Å²) in [5.74, 6) is 0.00114. The Balaban J connectivity index is 1.69. The molecular weight excluding hydrogens is 408 g/mol. The van der Waals surface area contributed by atoms with Gasteiger partial charge in [-0.1, -0.05) is 38.5 Å². The Kier molecular flexibility index (Phi) is 8.27. The predicted molar refractivity (Wildman–Crippen MR) is 111 cm³/mol. The van der Waals surface area contributed by atoms with E-state index in [0.717, 1.165) is 63.5 Å². The molecular formula is C22H32O7S. The highest BCUT2D eigenvalue weighted by Crippen LogP contribution is 2.28. The van der Waals surface area contributed by atoms with Crippen molar-refractivity contribution in [3.63, 3.8) is 0 Å². The van der Waals surface area contributed by atoms with Crippen molar-refractivity contribution in [2.75, 3.05) is 13.2 Å². The third-order valence-corrected chi connectivity index (χ3v) is 6.97. The number of benzene rings is 1. The normalized spacial score (nSPS) is 20.1. The molecule has 0 aromatic heterocycles. The minimum Gasteiger partial charge on any atom is -0.462 e. The molecule has 1 aromatic rings. The Bertz CT molecular complexity index is 809. The van der Waals surface area contributed by atoms with Crippen LogP contribution in [0.25, 0.3) is 0 Å². The van der Waals surface area contributed by atoms with Crippen LogP contribution in [0, 0.1) is 11.8 Å². The van der Waals surface area contributed by atoms with Crippen LogP contribution in [-0.4, -0.2) is 37.3 Å². The van der Waals surface area contributed by atoms with Crippen LogP contribution in [0.15, 0.2) is 23.1 Å². The Labute approximate surface area is 178 Å². The van der Waals surface area contributed by atoms with E-state index in [-0.39, 0.29) is 17.7 Å². The number of ether oxygens (including phenoxy) is 2. The quantitative estimate of drug-likeness (QED) is 0.353. The molecule has 0 saturated heterocycles. The van der Waals surface area contributed by atoms with E-state index in [9.17, 15) is 22.9 Å². The molecule has 7 nitrogen and oxygen atoms in total. The summed E-state index contributed by atoms with van der Waals surface area (Å²) in [4.78, 5) is 12.1. The molecule has 2 N–H and O–H groups in total. The average molecular weight is 441 g/mol. The lowest BCUT2D eigenvalue weighted by Gasteiger charge is -2.23. The molecule has 2 aliphatic carbocycles. The lowest BCUT2D eigenvalue weighted by atomic mass is 9.90. The molecule has 168 valence electrons. The topological polar surface area (TPSA) is 110 Å². The minimum absolute atomic E-state index is 0.0312. The van der Waals surface area contributed by atoms with Gasteiger partial charge < -0.3 is 14.6 Å². The van der Waals surface area contributed by atoms with Crippen LogP contribution in [0.5, 0.6) is 0 Å². The zero-order chi connectivity index (χ0) is 21.6. The Morgan fingerprint density at radius 2 is 1.50 bits per heavy atom. The van der Waals surface area contributed by atoms with E-state index in [1.807, 2.05) is 0 Å². The first-order chi connectivity index (χ1) is 14.3. The van der Waals surface area contributed by atoms with E-state index in [1.165, 1.54) is 18.9 Å². The van der Waals surface area contributed by atoms with Crippen LogP contribution >= 0.6 is 0 Å². The van der Waals surface area contributed by atoms with E-state index in [0.29, 0.717) is 18.4 Å². The van der Waals surface area contributed by atoms with Gasteiger partial charge in [0.2, 0.25) is 0 Å². The fourth-order valence-corrected chi connectivity index (χ4v) is 4.90. The summed E-state index contributed by atoms with van der Waals surface area (Å²) in [6.07, 6.45) is 9.63. The van der Waals surface area contributed by atoms with Gasteiger partial charge in [-0.25, -0.2) is 4.79 Å². The second kappa shape index (κ2) is 10.7. The van der Waals surface area contributed by atoms with Crippen molar-refractivity contribution in [1.29, 1.82) is 0 Å². The highest BCUT2D eigenvalue weighted by Gasteiger charge is 2.22. The third-order valence-electron chi connectivity index (χ3n) is 6.14. The first kappa shape index (κ1) is 23.2. The van der Waals surface area contributed by atoms with Gasteiger partial charge in [-0.3, -0.25) is 4.55 Å². The maximum absolute atomic E-state index is 12.5. The SMILES string of the molecule is O=C(OCC1CCCCC1)c1cc(C(O)OCC2CCCCC2)cc(S(=O)(=O)O)c1. The molecule has 3 rings (SSSR count). The minimum atomic E-state index is -4.56. The van der Waals surface area contributed by atoms with Crippen molar-refractivity contribution in [1.82, 2.24) is 0 Å². The van der Waals surface area contributed by atoms with Crippen LogP contribution in [-0.2, 0) is 19.6 Å². The number of hydrogen-bond donors (Lipinski definition) is 2. The second-order valence-electron chi connectivity index (χ2n) is 8.56. The van der Waals surface area contributed by atoms with Crippen LogP contribution in [0.2, 0.25) is 0 Å². The van der Waals surface area contributed by atoms with Crippen molar-refractivity contribution < 1.29 is 32.3 Å². The van der Waals surface area contributed by atoms with E-state index in [1.54, 1.807) is 0 Å². The van der Waals surface area contributed by atoms with Gasteiger partial charge in [-0.05, 0) is 55.7 Å². The van der Waals surface area contributed by atoms with Crippen molar-refractivity contribution in [2.45, 2.75) is 75.4 Å². The first-order valence-electron chi connectivity index (χ1n) is 10.9.